The van der Waals surface area contributed by atoms with Crippen molar-refractivity contribution in [2.75, 3.05) is 20.7 Å². The molecule has 5 rings (SSSR count). The first-order valence-corrected chi connectivity index (χ1v) is 17.7. The molecule has 15 heteroatoms. The van der Waals surface area contributed by atoms with Gasteiger partial charge in [0.15, 0.2) is 0 Å². The molecule has 0 spiro atoms. The number of hydrogen-bond donors (Lipinski definition) is 2. The van der Waals surface area contributed by atoms with Gasteiger partial charge in [0.2, 0.25) is 27.7 Å². The second-order valence-corrected chi connectivity index (χ2v) is 16.2. The minimum absolute atomic E-state index is 0.00816. The standard InChI is InChI=1S/C33H45N5O9S/c1-19(2)26(37(6)31(42)47-32(3,4)5)29(40)38-18-22(46-28-24-11-8-21(45-7)16-20(24)12-15-34-28)17-25(38)27(39)35-33(13-14-33)30(41)36-48(43,44)23-9-10-23/h8,11-12,15-16,19,22-23,25-26H,9-10,13-14,17-18H2,1-7H3,(H,35,39)(H,36,41)/t22-,25+,26+/m1/s1. The summed E-state index contributed by atoms with van der Waals surface area (Å²) in [5.41, 5.74) is -2.19. The smallest absolute Gasteiger partial charge is 0.410 e. The number of methoxy groups -OCH3 is 1. The summed E-state index contributed by atoms with van der Waals surface area (Å²) in [6.07, 6.45) is 1.76. The average Bonchev–Trinajstić information content (AvgIpc) is 3.94. The van der Waals surface area contributed by atoms with Gasteiger partial charge in [0.25, 0.3) is 5.91 Å². The molecule has 1 saturated heterocycles. The van der Waals surface area contributed by atoms with Gasteiger partial charge < -0.3 is 24.4 Å². The number of carbonyl (C=O) groups excluding carboxylic acids is 4. The van der Waals surface area contributed by atoms with Gasteiger partial charge in [-0.15, -0.1) is 0 Å². The van der Waals surface area contributed by atoms with Crippen LogP contribution in [-0.4, -0.2) is 102 Å². The summed E-state index contributed by atoms with van der Waals surface area (Å²) in [7, 11) is -0.775. The van der Waals surface area contributed by atoms with Crippen LogP contribution in [0.15, 0.2) is 30.5 Å². The van der Waals surface area contributed by atoms with Crippen LogP contribution in [0.3, 0.4) is 0 Å². The van der Waals surface area contributed by atoms with Crippen molar-refractivity contribution < 1.29 is 41.8 Å². The molecular weight excluding hydrogens is 642 g/mol. The lowest BCUT2D eigenvalue weighted by Crippen LogP contribution is -2.58. The van der Waals surface area contributed by atoms with Crippen molar-refractivity contribution in [1.29, 1.82) is 0 Å². The molecule has 0 unspecified atom stereocenters. The maximum absolute atomic E-state index is 14.3. The van der Waals surface area contributed by atoms with E-state index >= 15 is 0 Å². The zero-order valence-corrected chi connectivity index (χ0v) is 29.3. The number of pyridine rings is 1. The Kier molecular flexibility index (Phi) is 9.56. The van der Waals surface area contributed by atoms with Gasteiger partial charge in [-0.2, -0.15) is 0 Å². The number of fused-ring (bicyclic) bond motifs is 1. The molecule has 3 aliphatic rings. The van der Waals surface area contributed by atoms with Crippen LogP contribution < -0.4 is 19.5 Å². The summed E-state index contributed by atoms with van der Waals surface area (Å²) in [4.78, 5) is 61.5. The molecule has 1 aliphatic heterocycles. The lowest BCUT2D eigenvalue weighted by molar-refractivity contribution is -0.144. The average molecular weight is 688 g/mol. The molecule has 1 aromatic carbocycles. The van der Waals surface area contributed by atoms with E-state index in [0.29, 0.717) is 29.9 Å². The zero-order chi connectivity index (χ0) is 35.2. The molecule has 2 heterocycles. The van der Waals surface area contributed by atoms with E-state index in [1.165, 1.54) is 16.8 Å². The Morgan fingerprint density at radius 2 is 1.79 bits per heavy atom. The molecule has 3 fully saturated rings. The largest absolute Gasteiger partial charge is 0.497 e. The Morgan fingerprint density at radius 3 is 2.38 bits per heavy atom. The topological polar surface area (TPSA) is 174 Å². The van der Waals surface area contributed by atoms with Crippen molar-refractivity contribution >= 4 is 44.6 Å². The first kappa shape index (κ1) is 35.2. The molecule has 1 aromatic heterocycles. The van der Waals surface area contributed by atoms with E-state index in [1.54, 1.807) is 54.0 Å². The lowest BCUT2D eigenvalue weighted by atomic mass is 10.0. The van der Waals surface area contributed by atoms with E-state index in [4.69, 9.17) is 14.2 Å². The molecule has 2 N–H and O–H groups in total. The summed E-state index contributed by atoms with van der Waals surface area (Å²) in [5.74, 6) is -1.29. The van der Waals surface area contributed by atoms with Crippen molar-refractivity contribution in [3.05, 3.63) is 30.5 Å². The van der Waals surface area contributed by atoms with Crippen LogP contribution in [0.1, 0.15) is 66.7 Å². The third kappa shape index (κ3) is 7.61. The molecular formula is C33H45N5O9S. The van der Waals surface area contributed by atoms with Gasteiger partial charge in [0.05, 0.1) is 18.9 Å². The normalized spacial score (nSPS) is 21.0. The number of nitrogens with zero attached hydrogens (tertiary/aromatic N) is 3. The molecule has 48 heavy (non-hydrogen) atoms. The maximum Gasteiger partial charge on any atom is 0.410 e. The Balaban J connectivity index is 1.41. The van der Waals surface area contributed by atoms with Crippen LogP contribution in [0.2, 0.25) is 0 Å². The van der Waals surface area contributed by atoms with Crippen molar-refractivity contribution in [3.8, 4) is 11.6 Å². The first-order chi connectivity index (χ1) is 22.4. The fourth-order valence-electron chi connectivity index (χ4n) is 5.94. The van der Waals surface area contributed by atoms with E-state index < -0.39 is 68.4 Å². The van der Waals surface area contributed by atoms with Crippen LogP contribution in [-0.2, 0) is 29.1 Å². The van der Waals surface area contributed by atoms with E-state index in [-0.39, 0.29) is 31.7 Å². The van der Waals surface area contributed by atoms with Crippen LogP contribution in [0.5, 0.6) is 11.6 Å². The number of aromatic nitrogens is 1. The highest BCUT2D eigenvalue weighted by Gasteiger charge is 2.55. The Morgan fingerprint density at radius 1 is 1.10 bits per heavy atom. The number of rotatable bonds is 11. The monoisotopic (exact) mass is 687 g/mol. The minimum Gasteiger partial charge on any atom is -0.497 e. The Bertz CT molecular complexity index is 1700. The molecule has 0 radical (unpaired) electrons. The second-order valence-electron chi connectivity index (χ2n) is 14.2. The highest BCUT2D eigenvalue weighted by Crippen LogP contribution is 2.38. The Labute approximate surface area is 280 Å². The summed E-state index contributed by atoms with van der Waals surface area (Å²) in [6, 6.07) is 5.17. The predicted octanol–water partition coefficient (Wildman–Crippen LogP) is 2.74. The van der Waals surface area contributed by atoms with Crippen molar-refractivity contribution in [1.82, 2.24) is 24.8 Å². The molecule has 14 nitrogen and oxygen atoms in total. The zero-order valence-electron chi connectivity index (χ0n) is 28.4. The number of ether oxygens (including phenoxy) is 3. The Hall–Kier alpha value is -4.14. The van der Waals surface area contributed by atoms with Gasteiger partial charge >= 0.3 is 6.09 Å². The molecule has 2 aliphatic carbocycles. The SMILES string of the molecule is COc1ccc2c(O[C@@H]3C[C@@H](C(=O)NC4(C(=O)NS(=O)(=O)C5CC5)CC4)N(C(=O)[C@H](C(C)C)N(C)C(=O)OC(C)(C)C)C3)nccc2c1. The third-order valence-electron chi connectivity index (χ3n) is 8.79. The van der Waals surface area contributed by atoms with E-state index in [9.17, 15) is 27.6 Å². The number of hydrogen-bond acceptors (Lipinski definition) is 10. The number of likely N-dealkylation sites (tertiary alicyclic amines) is 1. The van der Waals surface area contributed by atoms with Gasteiger partial charge in [-0.1, -0.05) is 13.8 Å². The van der Waals surface area contributed by atoms with Gasteiger partial charge in [-0.3, -0.25) is 24.0 Å². The van der Waals surface area contributed by atoms with Crippen molar-refractivity contribution in [3.63, 3.8) is 0 Å². The highest BCUT2D eigenvalue weighted by atomic mass is 32.2. The molecule has 0 bridgehead atoms. The van der Waals surface area contributed by atoms with Gasteiger partial charge in [0, 0.05) is 25.1 Å². The summed E-state index contributed by atoms with van der Waals surface area (Å²) in [6.45, 7) is 8.76. The number of amides is 4. The summed E-state index contributed by atoms with van der Waals surface area (Å²) in [5, 5.41) is 3.68. The molecule has 3 atom stereocenters. The molecule has 4 amide bonds. The second kappa shape index (κ2) is 13.1. The molecule has 2 saturated carbocycles. The highest BCUT2D eigenvalue weighted by molar-refractivity contribution is 7.91. The lowest BCUT2D eigenvalue weighted by Gasteiger charge is -2.36. The van der Waals surface area contributed by atoms with Gasteiger partial charge in [-0.05, 0) is 82.0 Å². The van der Waals surface area contributed by atoms with Gasteiger partial charge in [-0.25, -0.2) is 18.2 Å². The van der Waals surface area contributed by atoms with Crippen LogP contribution in [0, 0.1) is 5.92 Å². The van der Waals surface area contributed by atoms with Crippen molar-refractivity contribution in [2.24, 2.45) is 5.92 Å². The van der Waals surface area contributed by atoms with E-state index in [2.05, 4.69) is 15.0 Å². The molecule has 2 aromatic rings. The molecule has 262 valence electrons. The maximum atomic E-state index is 14.3. The first-order valence-electron chi connectivity index (χ1n) is 16.2. The predicted molar refractivity (Wildman–Crippen MR) is 176 cm³/mol. The van der Waals surface area contributed by atoms with Crippen LogP contribution in [0.4, 0.5) is 4.79 Å². The minimum atomic E-state index is -3.83. The fraction of sp³-hybridized carbons (Fsp3) is 0.606. The number of benzene rings is 1. The number of likely N-dealkylation sites (N-methyl/N-ethyl adjacent to an activating group) is 1. The number of sulfonamides is 1. The number of carbonyl (C=O) groups is 4. The van der Waals surface area contributed by atoms with Crippen molar-refractivity contribution in [2.45, 2.75) is 101 Å². The fourth-order valence-corrected chi connectivity index (χ4v) is 7.32. The summed E-state index contributed by atoms with van der Waals surface area (Å²) >= 11 is 0. The van der Waals surface area contributed by atoms with Gasteiger partial charge in [0.1, 0.15) is 35.1 Å². The number of nitrogens with one attached hydrogen (secondary N) is 2. The summed E-state index contributed by atoms with van der Waals surface area (Å²) < 4.78 is 44.3. The third-order valence-corrected chi connectivity index (χ3v) is 10.6. The van der Waals surface area contributed by atoms with Crippen LogP contribution in [0.25, 0.3) is 10.8 Å². The quantitative estimate of drug-likeness (QED) is 0.358. The van der Waals surface area contributed by atoms with E-state index in [1.807, 2.05) is 18.2 Å². The van der Waals surface area contributed by atoms with E-state index in [0.717, 1.165) is 5.39 Å². The van der Waals surface area contributed by atoms with Crippen LogP contribution >= 0.6 is 0 Å².